The number of aliphatic hydroxyl groups is 2. The van der Waals surface area contributed by atoms with Crippen LogP contribution in [0.25, 0.3) is 33.4 Å². The third kappa shape index (κ3) is 3.82. The fourth-order valence-corrected chi connectivity index (χ4v) is 4.00. The highest BCUT2D eigenvalue weighted by Crippen LogP contribution is 2.25. The highest BCUT2D eigenvalue weighted by atomic mass is 32.2. The summed E-state index contributed by atoms with van der Waals surface area (Å²) in [5, 5.41) is 20.1. The van der Waals surface area contributed by atoms with Crippen LogP contribution in [-0.4, -0.2) is 30.6 Å². The second-order valence-electron chi connectivity index (χ2n) is 6.93. The first-order valence-corrected chi connectivity index (χ1v) is 10.9. The zero-order chi connectivity index (χ0) is 21.3. The van der Waals surface area contributed by atoms with Crippen LogP contribution in [0.5, 0.6) is 0 Å². The standard InChI is InChI=1S/C23H20N2O4S/c1-30(29)18-7-5-15(6-8-18)19-3-2-4-20(24-19)21-11-16-9-14(12-26)10-17(13-27)22(16)23(28)25-21/h2-11,26-27H,12-13H2,1H3,(H,25,28). The Balaban J connectivity index is 1.82. The van der Waals surface area contributed by atoms with E-state index >= 15 is 0 Å². The summed E-state index contributed by atoms with van der Waals surface area (Å²) in [6.07, 6.45) is 1.63. The summed E-state index contributed by atoms with van der Waals surface area (Å²) in [7, 11) is -1.05. The summed E-state index contributed by atoms with van der Waals surface area (Å²) in [6, 6.07) is 18.0. The molecule has 1 atom stereocenters. The summed E-state index contributed by atoms with van der Waals surface area (Å²) in [5.74, 6) is 0. The van der Waals surface area contributed by atoms with Crippen LogP contribution in [-0.2, 0) is 24.0 Å². The fraction of sp³-hybridized carbons (Fsp3) is 0.130. The molecule has 7 heteroatoms. The molecule has 0 aliphatic heterocycles. The van der Waals surface area contributed by atoms with E-state index in [-0.39, 0.29) is 18.8 Å². The van der Waals surface area contributed by atoms with Crippen LogP contribution < -0.4 is 5.56 Å². The third-order valence-corrected chi connectivity index (χ3v) is 5.88. The van der Waals surface area contributed by atoms with E-state index in [0.717, 1.165) is 16.2 Å². The number of pyridine rings is 2. The Labute approximate surface area is 175 Å². The monoisotopic (exact) mass is 420 g/mol. The summed E-state index contributed by atoms with van der Waals surface area (Å²) in [4.78, 5) is 21.0. The number of H-pyrrole nitrogens is 1. The quantitative estimate of drug-likeness (QED) is 0.461. The van der Waals surface area contributed by atoms with Gasteiger partial charge in [-0.1, -0.05) is 24.3 Å². The van der Waals surface area contributed by atoms with E-state index in [4.69, 9.17) is 0 Å². The number of hydrogen-bond acceptors (Lipinski definition) is 5. The topological polar surface area (TPSA) is 103 Å². The number of benzene rings is 2. The number of nitrogens with one attached hydrogen (secondary N) is 1. The fourth-order valence-electron chi connectivity index (χ4n) is 3.48. The number of fused-ring (bicyclic) bond motifs is 1. The first-order valence-electron chi connectivity index (χ1n) is 9.32. The minimum absolute atomic E-state index is 0.183. The molecule has 4 aromatic rings. The zero-order valence-electron chi connectivity index (χ0n) is 16.3. The van der Waals surface area contributed by atoms with Crippen molar-refractivity contribution in [2.24, 2.45) is 0 Å². The van der Waals surface area contributed by atoms with Gasteiger partial charge in [-0.05, 0) is 52.9 Å². The molecular weight excluding hydrogens is 400 g/mol. The van der Waals surface area contributed by atoms with E-state index in [9.17, 15) is 19.2 Å². The van der Waals surface area contributed by atoms with E-state index in [0.29, 0.717) is 33.3 Å². The van der Waals surface area contributed by atoms with Crippen molar-refractivity contribution in [1.29, 1.82) is 0 Å². The molecule has 30 heavy (non-hydrogen) atoms. The second-order valence-corrected chi connectivity index (χ2v) is 8.31. The van der Waals surface area contributed by atoms with Gasteiger partial charge in [-0.25, -0.2) is 4.98 Å². The number of aromatic amines is 1. The van der Waals surface area contributed by atoms with Gasteiger partial charge in [0.2, 0.25) is 0 Å². The smallest absolute Gasteiger partial charge is 0.256 e. The van der Waals surface area contributed by atoms with E-state index in [2.05, 4.69) is 9.97 Å². The molecule has 2 aromatic carbocycles. The molecule has 0 amide bonds. The van der Waals surface area contributed by atoms with Crippen LogP contribution >= 0.6 is 0 Å². The molecule has 4 rings (SSSR count). The minimum atomic E-state index is -1.05. The average molecular weight is 420 g/mol. The molecule has 0 fully saturated rings. The lowest BCUT2D eigenvalue weighted by Gasteiger charge is -2.10. The van der Waals surface area contributed by atoms with Crippen molar-refractivity contribution in [3.8, 4) is 22.6 Å². The molecular formula is C23H20N2O4S. The van der Waals surface area contributed by atoms with Crippen molar-refractivity contribution in [3.63, 3.8) is 0 Å². The van der Waals surface area contributed by atoms with Crippen LogP contribution in [0.15, 0.2) is 70.4 Å². The Bertz CT molecular complexity index is 1310. The van der Waals surface area contributed by atoms with Gasteiger partial charge in [0.25, 0.3) is 5.56 Å². The SMILES string of the molecule is CS(=O)c1ccc(-c2cccc(-c3cc4cc(CO)cc(CO)c4c(=O)[nH]3)n2)cc1. The highest BCUT2D eigenvalue weighted by molar-refractivity contribution is 7.84. The van der Waals surface area contributed by atoms with Gasteiger partial charge >= 0.3 is 0 Å². The Kier molecular flexibility index (Phi) is 5.59. The first-order chi connectivity index (χ1) is 14.5. The summed E-state index contributed by atoms with van der Waals surface area (Å²) in [6.45, 7) is -0.476. The van der Waals surface area contributed by atoms with Crippen molar-refractivity contribution in [1.82, 2.24) is 9.97 Å². The maximum Gasteiger partial charge on any atom is 0.256 e. The van der Waals surface area contributed by atoms with Crippen molar-refractivity contribution >= 4 is 21.6 Å². The van der Waals surface area contributed by atoms with Gasteiger partial charge in [-0.3, -0.25) is 9.00 Å². The largest absolute Gasteiger partial charge is 0.392 e. The van der Waals surface area contributed by atoms with Gasteiger partial charge in [-0.15, -0.1) is 0 Å². The van der Waals surface area contributed by atoms with Gasteiger partial charge in [0.1, 0.15) is 0 Å². The van der Waals surface area contributed by atoms with E-state index in [1.807, 2.05) is 36.4 Å². The highest BCUT2D eigenvalue weighted by Gasteiger charge is 2.11. The molecule has 0 saturated carbocycles. The number of rotatable bonds is 5. The van der Waals surface area contributed by atoms with Gasteiger partial charge in [0.15, 0.2) is 0 Å². The number of aliphatic hydroxyl groups excluding tert-OH is 2. The molecule has 3 N–H and O–H groups in total. The molecule has 0 aliphatic rings. The third-order valence-electron chi connectivity index (χ3n) is 4.95. The zero-order valence-corrected chi connectivity index (χ0v) is 17.1. The molecule has 0 saturated heterocycles. The maximum absolute atomic E-state index is 12.7. The van der Waals surface area contributed by atoms with Crippen LogP contribution in [0.4, 0.5) is 0 Å². The lowest BCUT2D eigenvalue weighted by atomic mass is 10.0. The molecule has 0 radical (unpaired) electrons. The van der Waals surface area contributed by atoms with Crippen LogP contribution in [0.2, 0.25) is 0 Å². The van der Waals surface area contributed by atoms with Crippen molar-refractivity contribution in [2.45, 2.75) is 18.1 Å². The molecule has 0 bridgehead atoms. The number of hydrogen-bond donors (Lipinski definition) is 3. The number of aromatic nitrogens is 2. The Morgan fingerprint density at radius 3 is 2.37 bits per heavy atom. The van der Waals surface area contributed by atoms with Gasteiger partial charge < -0.3 is 15.2 Å². The molecule has 152 valence electrons. The predicted molar refractivity (Wildman–Crippen MR) is 117 cm³/mol. The first kappa shape index (κ1) is 20.2. The lowest BCUT2D eigenvalue weighted by Crippen LogP contribution is -2.11. The van der Waals surface area contributed by atoms with Gasteiger partial charge in [0.05, 0.1) is 35.7 Å². The molecule has 0 spiro atoms. The average Bonchev–Trinajstić information content (AvgIpc) is 2.78. The Morgan fingerprint density at radius 2 is 1.70 bits per heavy atom. The van der Waals surface area contributed by atoms with Gasteiger partial charge in [0, 0.05) is 27.5 Å². The number of nitrogens with zero attached hydrogens (tertiary/aromatic N) is 1. The molecule has 6 nitrogen and oxygen atoms in total. The Morgan fingerprint density at radius 1 is 0.967 bits per heavy atom. The van der Waals surface area contributed by atoms with Crippen molar-refractivity contribution < 1.29 is 14.4 Å². The minimum Gasteiger partial charge on any atom is -0.392 e. The van der Waals surface area contributed by atoms with Crippen molar-refractivity contribution in [3.05, 3.63) is 82.1 Å². The molecule has 2 aromatic heterocycles. The van der Waals surface area contributed by atoms with Crippen LogP contribution in [0, 0.1) is 0 Å². The maximum atomic E-state index is 12.7. The van der Waals surface area contributed by atoms with E-state index < -0.39 is 10.8 Å². The summed E-state index contributed by atoms with van der Waals surface area (Å²) >= 11 is 0. The van der Waals surface area contributed by atoms with E-state index in [1.165, 1.54) is 0 Å². The normalized spacial score (nSPS) is 12.2. The lowest BCUT2D eigenvalue weighted by molar-refractivity contribution is 0.276. The molecule has 0 aliphatic carbocycles. The predicted octanol–water partition coefficient (Wildman–Crippen LogP) is 2.98. The van der Waals surface area contributed by atoms with Crippen molar-refractivity contribution in [2.75, 3.05) is 6.26 Å². The molecule has 1 unspecified atom stereocenters. The second kappa shape index (κ2) is 8.31. The van der Waals surface area contributed by atoms with E-state index in [1.54, 1.807) is 30.5 Å². The van der Waals surface area contributed by atoms with Crippen LogP contribution in [0.3, 0.4) is 0 Å². The Hall–Kier alpha value is -3.13. The van der Waals surface area contributed by atoms with Gasteiger partial charge in [-0.2, -0.15) is 0 Å². The molecule has 2 heterocycles. The summed E-state index contributed by atoms with van der Waals surface area (Å²) < 4.78 is 11.6. The van der Waals surface area contributed by atoms with Crippen LogP contribution in [0.1, 0.15) is 11.1 Å². The summed E-state index contributed by atoms with van der Waals surface area (Å²) in [5.41, 5.74) is 3.51.